The van der Waals surface area contributed by atoms with Gasteiger partial charge in [-0.25, -0.2) is 4.79 Å². The summed E-state index contributed by atoms with van der Waals surface area (Å²) < 4.78 is 0. The van der Waals surface area contributed by atoms with Gasteiger partial charge >= 0.3 is 0 Å². The molecule has 3 nitrogen and oxygen atoms in total. The number of hydrogen-bond donors (Lipinski definition) is 1. The molecule has 1 N–H and O–H groups in total. The Morgan fingerprint density at radius 2 is 1.47 bits per heavy atom. The molecule has 0 fully saturated rings. The molecule has 0 amide bonds. The second-order valence-electron chi connectivity index (χ2n) is 3.71. The molecular formula is C14H11NO2. The highest BCUT2D eigenvalue weighted by Crippen LogP contribution is 2.16. The van der Waals surface area contributed by atoms with Crippen molar-refractivity contribution in [3.63, 3.8) is 0 Å². The number of benzene rings is 2. The molecule has 3 heteroatoms. The molecule has 0 aliphatic heterocycles. The Kier molecular flexibility index (Phi) is 3.34. The predicted octanol–water partition coefficient (Wildman–Crippen LogP) is 2.95. The molecule has 2 aromatic carbocycles. The van der Waals surface area contributed by atoms with Crippen molar-refractivity contribution in [1.29, 1.82) is 0 Å². The lowest BCUT2D eigenvalue weighted by atomic mass is 10.0. The van der Waals surface area contributed by atoms with Crippen LogP contribution < -0.4 is 0 Å². The van der Waals surface area contributed by atoms with Crippen molar-refractivity contribution in [2.75, 3.05) is 0 Å². The van der Waals surface area contributed by atoms with E-state index in [9.17, 15) is 4.79 Å². The molecule has 84 valence electrons. The summed E-state index contributed by atoms with van der Waals surface area (Å²) in [6, 6.07) is 14.5. The lowest BCUT2D eigenvalue weighted by Gasteiger charge is -2.02. The van der Waals surface area contributed by atoms with Gasteiger partial charge in [-0.1, -0.05) is 24.3 Å². The number of phenols is 1. The SMILES string of the molecule is O=C=Nc1ccc(Cc2ccc(O)cc2)cc1. The van der Waals surface area contributed by atoms with Crippen molar-refractivity contribution in [3.8, 4) is 5.75 Å². The fourth-order valence-electron chi connectivity index (χ4n) is 1.59. The van der Waals surface area contributed by atoms with E-state index in [0.29, 0.717) is 5.69 Å². The number of hydrogen-bond acceptors (Lipinski definition) is 3. The van der Waals surface area contributed by atoms with Crippen molar-refractivity contribution in [2.45, 2.75) is 6.42 Å². The minimum absolute atomic E-state index is 0.268. The summed E-state index contributed by atoms with van der Waals surface area (Å²) in [6.07, 6.45) is 2.29. The Morgan fingerprint density at radius 1 is 0.941 bits per heavy atom. The number of carbonyl (C=O) groups excluding carboxylic acids is 1. The summed E-state index contributed by atoms with van der Waals surface area (Å²) in [6.45, 7) is 0. The van der Waals surface area contributed by atoms with Crippen LogP contribution in [-0.4, -0.2) is 11.2 Å². The zero-order valence-corrected chi connectivity index (χ0v) is 9.13. The highest BCUT2D eigenvalue weighted by atomic mass is 16.3. The second-order valence-corrected chi connectivity index (χ2v) is 3.71. The third kappa shape index (κ3) is 3.03. The molecule has 0 radical (unpaired) electrons. The fourth-order valence-corrected chi connectivity index (χ4v) is 1.59. The molecule has 2 aromatic rings. The minimum atomic E-state index is 0.268. The highest BCUT2D eigenvalue weighted by Gasteiger charge is 1.97. The lowest BCUT2D eigenvalue weighted by Crippen LogP contribution is -1.86. The van der Waals surface area contributed by atoms with Crippen LogP contribution in [0.5, 0.6) is 5.75 Å². The molecule has 0 heterocycles. The van der Waals surface area contributed by atoms with Crippen LogP contribution in [0, 0.1) is 0 Å². The first-order valence-electron chi connectivity index (χ1n) is 5.22. The van der Waals surface area contributed by atoms with E-state index in [1.54, 1.807) is 24.3 Å². The predicted molar refractivity (Wildman–Crippen MR) is 65.1 cm³/mol. The molecule has 0 saturated carbocycles. The smallest absolute Gasteiger partial charge is 0.240 e. The standard InChI is InChI=1S/C14H11NO2/c16-10-15-13-5-1-11(2-6-13)9-12-3-7-14(17)8-4-12/h1-8,17H,9H2. The zero-order valence-electron chi connectivity index (χ0n) is 9.13. The van der Waals surface area contributed by atoms with Crippen LogP contribution in [0.3, 0.4) is 0 Å². The summed E-state index contributed by atoms with van der Waals surface area (Å²) in [7, 11) is 0. The van der Waals surface area contributed by atoms with Crippen LogP contribution in [-0.2, 0) is 11.2 Å². The van der Waals surface area contributed by atoms with E-state index < -0.39 is 0 Å². The maximum Gasteiger partial charge on any atom is 0.240 e. The van der Waals surface area contributed by atoms with E-state index in [0.717, 1.165) is 17.5 Å². The maximum atomic E-state index is 10.1. The Balaban J connectivity index is 2.13. The Morgan fingerprint density at radius 3 is 2.00 bits per heavy atom. The van der Waals surface area contributed by atoms with Crippen molar-refractivity contribution in [3.05, 3.63) is 59.7 Å². The monoisotopic (exact) mass is 225 g/mol. The Labute approximate surface area is 99.1 Å². The summed E-state index contributed by atoms with van der Waals surface area (Å²) in [4.78, 5) is 13.6. The first-order chi connectivity index (χ1) is 8.28. The summed E-state index contributed by atoms with van der Waals surface area (Å²) in [5.74, 6) is 0.268. The van der Waals surface area contributed by atoms with E-state index in [4.69, 9.17) is 5.11 Å². The molecule has 0 aromatic heterocycles. The van der Waals surface area contributed by atoms with E-state index >= 15 is 0 Å². The van der Waals surface area contributed by atoms with Crippen LogP contribution >= 0.6 is 0 Å². The molecule has 0 unspecified atom stereocenters. The number of isocyanates is 1. The van der Waals surface area contributed by atoms with Gasteiger partial charge in [0.1, 0.15) is 5.75 Å². The third-order valence-corrected chi connectivity index (χ3v) is 2.46. The van der Waals surface area contributed by atoms with E-state index in [1.807, 2.05) is 24.3 Å². The molecular weight excluding hydrogens is 214 g/mol. The van der Waals surface area contributed by atoms with Crippen LogP contribution in [0.25, 0.3) is 0 Å². The van der Waals surface area contributed by atoms with Gasteiger partial charge < -0.3 is 5.11 Å². The van der Waals surface area contributed by atoms with Gasteiger partial charge in [0.25, 0.3) is 0 Å². The molecule has 0 aliphatic rings. The van der Waals surface area contributed by atoms with Crippen LogP contribution in [0.1, 0.15) is 11.1 Å². The summed E-state index contributed by atoms with van der Waals surface area (Å²) in [5, 5.41) is 9.17. The van der Waals surface area contributed by atoms with E-state index in [1.165, 1.54) is 6.08 Å². The highest BCUT2D eigenvalue weighted by molar-refractivity contribution is 5.49. The largest absolute Gasteiger partial charge is 0.508 e. The zero-order chi connectivity index (χ0) is 12.1. The first kappa shape index (κ1) is 11.1. The maximum absolute atomic E-state index is 10.1. The third-order valence-electron chi connectivity index (χ3n) is 2.46. The molecule has 0 saturated heterocycles. The van der Waals surface area contributed by atoms with Gasteiger partial charge in [-0.05, 0) is 41.8 Å². The van der Waals surface area contributed by atoms with Gasteiger partial charge in [0, 0.05) is 0 Å². The van der Waals surface area contributed by atoms with Crippen molar-refractivity contribution in [1.82, 2.24) is 0 Å². The van der Waals surface area contributed by atoms with Gasteiger partial charge in [0.05, 0.1) is 5.69 Å². The molecule has 2 rings (SSSR count). The Hall–Kier alpha value is -2.38. The first-order valence-corrected chi connectivity index (χ1v) is 5.22. The Bertz CT molecular complexity index is 537. The molecule has 0 atom stereocenters. The summed E-state index contributed by atoms with van der Waals surface area (Å²) in [5.41, 5.74) is 2.85. The molecule has 17 heavy (non-hydrogen) atoms. The number of nitrogens with zero attached hydrogens (tertiary/aromatic N) is 1. The quantitative estimate of drug-likeness (QED) is 0.645. The number of phenolic OH excluding ortho intramolecular Hbond substituents is 1. The van der Waals surface area contributed by atoms with E-state index in [2.05, 4.69) is 4.99 Å². The number of rotatable bonds is 3. The van der Waals surface area contributed by atoms with E-state index in [-0.39, 0.29) is 5.75 Å². The molecule has 0 bridgehead atoms. The van der Waals surface area contributed by atoms with Gasteiger partial charge in [0.2, 0.25) is 6.08 Å². The second kappa shape index (κ2) is 5.10. The lowest BCUT2D eigenvalue weighted by molar-refractivity contribution is 0.475. The number of aromatic hydroxyl groups is 1. The topological polar surface area (TPSA) is 49.7 Å². The fraction of sp³-hybridized carbons (Fsp3) is 0.0714. The van der Waals surface area contributed by atoms with Crippen molar-refractivity contribution >= 4 is 11.8 Å². The summed E-state index contributed by atoms with van der Waals surface area (Å²) >= 11 is 0. The average molecular weight is 225 g/mol. The van der Waals surface area contributed by atoms with Gasteiger partial charge in [-0.15, -0.1) is 0 Å². The molecule has 0 aliphatic carbocycles. The van der Waals surface area contributed by atoms with Gasteiger partial charge in [-0.2, -0.15) is 4.99 Å². The number of aliphatic imine (C=N–C) groups is 1. The van der Waals surface area contributed by atoms with Crippen molar-refractivity contribution in [2.24, 2.45) is 4.99 Å². The average Bonchev–Trinajstić information content (AvgIpc) is 2.35. The normalized spacial score (nSPS) is 9.65. The minimum Gasteiger partial charge on any atom is -0.508 e. The van der Waals surface area contributed by atoms with Crippen molar-refractivity contribution < 1.29 is 9.90 Å². The van der Waals surface area contributed by atoms with Gasteiger partial charge in [0.15, 0.2) is 0 Å². The van der Waals surface area contributed by atoms with Crippen LogP contribution in [0.15, 0.2) is 53.5 Å². The van der Waals surface area contributed by atoms with Gasteiger partial charge in [-0.3, -0.25) is 0 Å². The van der Waals surface area contributed by atoms with Crippen LogP contribution in [0.4, 0.5) is 5.69 Å². The van der Waals surface area contributed by atoms with Crippen LogP contribution in [0.2, 0.25) is 0 Å². The molecule has 0 spiro atoms.